The molecule has 1 atom stereocenters. The summed E-state index contributed by atoms with van der Waals surface area (Å²) < 4.78 is 5.67. The van der Waals surface area contributed by atoms with Crippen LogP contribution in [-0.4, -0.2) is 25.4 Å². The lowest BCUT2D eigenvalue weighted by Gasteiger charge is -2.11. The molecular weight excluding hydrogens is 214 g/mol. The summed E-state index contributed by atoms with van der Waals surface area (Å²) in [4.78, 5) is 0. The van der Waals surface area contributed by atoms with E-state index in [9.17, 15) is 0 Å². The van der Waals surface area contributed by atoms with Gasteiger partial charge in [-0.1, -0.05) is 6.07 Å². The van der Waals surface area contributed by atoms with Crippen molar-refractivity contribution in [2.75, 3.05) is 20.3 Å². The highest BCUT2D eigenvalue weighted by Gasteiger charge is 2.20. The third kappa shape index (κ3) is 2.99. The first kappa shape index (κ1) is 12.4. The zero-order valence-electron chi connectivity index (χ0n) is 10.4. The molecule has 0 aromatic heterocycles. The lowest BCUT2D eigenvalue weighted by molar-refractivity contribution is 0.253. The van der Waals surface area contributed by atoms with Gasteiger partial charge in [-0.05, 0) is 56.0 Å². The van der Waals surface area contributed by atoms with E-state index in [1.165, 1.54) is 17.5 Å². The minimum Gasteiger partial charge on any atom is -0.494 e. The van der Waals surface area contributed by atoms with Crippen molar-refractivity contribution in [3.05, 3.63) is 29.3 Å². The molecule has 2 N–H and O–H groups in total. The number of unbranched alkanes of at least 4 members (excludes halogenated alkanes) is 1. The van der Waals surface area contributed by atoms with Crippen LogP contribution in [0, 0.1) is 0 Å². The summed E-state index contributed by atoms with van der Waals surface area (Å²) in [6, 6.07) is 6.89. The van der Waals surface area contributed by atoms with Crippen LogP contribution < -0.4 is 10.1 Å². The molecule has 0 amide bonds. The minimum atomic E-state index is 0.247. The monoisotopic (exact) mass is 235 g/mol. The van der Waals surface area contributed by atoms with E-state index >= 15 is 0 Å². The third-order valence-corrected chi connectivity index (χ3v) is 3.36. The number of nitrogens with one attached hydrogen (secondary N) is 1. The van der Waals surface area contributed by atoms with Crippen LogP contribution in [0.4, 0.5) is 0 Å². The first-order chi connectivity index (χ1) is 8.35. The van der Waals surface area contributed by atoms with E-state index in [1.807, 2.05) is 13.1 Å². The van der Waals surface area contributed by atoms with Crippen LogP contribution in [0.2, 0.25) is 0 Å². The lowest BCUT2D eigenvalue weighted by atomic mass is 10.1. The largest absolute Gasteiger partial charge is 0.494 e. The molecule has 0 heterocycles. The molecule has 0 aliphatic heterocycles. The molecule has 0 fully saturated rings. The van der Waals surface area contributed by atoms with Crippen molar-refractivity contribution >= 4 is 0 Å². The Morgan fingerprint density at radius 1 is 1.41 bits per heavy atom. The predicted octanol–water partition coefficient (Wildman–Crippen LogP) is 2.04. The Morgan fingerprint density at radius 2 is 2.29 bits per heavy atom. The van der Waals surface area contributed by atoms with Crippen LogP contribution in [0.1, 0.15) is 36.4 Å². The van der Waals surface area contributed by atoms with Gasteiger partial charge in [0.25, 0.3) is 0 Å². The lowest BCUT2D eigenvalue weighted by Crippen LogP contribution is -2.12. The summed E-state index contributed by atoms with van der Waals surface area (Å²) in [5.41, 5.74) is 2.82. The Hall–Kier alpha value is -1.06. The number of benzene rings is 1. The maximum atomic E-state index is 8.68. The Kier molecular flexibility index (Phi) is 4.40. The second-order valence-electron chi connectivity index (χ2n) is 4.52. The number of aliphatic hydroxyl groups excluding tert-OH is 1. The fourth-order valence-electron chi connectivity index (χ4n) is 2.39. The second kappa shape index (κ2) is 6.03. The maximum absolute atomic E-state index is 8.68. The van der Waals surface area contributed by atoms with Crippen LogP contribution in [0.15, 0.2) is 18.2 Å². The van der Waals surface area contributed by atoms with Gasteiger partial charge in [-0.25, -0.2) is 0 Å². The zero-order valence-corrected chi connectivity index (χ0v) is 10.4. The molecule has 0 saturated carbocycles. The molecule has 3 heteroatoms. The van der Waals surface area contributed by atoms with Crippen LogP contribution in [-0.2, 0) is 6.42 Å². The van der Waals surface area contributed by atoms with Gasteiger partial charge in [0.05, 0.1) is 6.61 Å². The Labute approximate surface area is 103 Å². The average Bonchev–Trinajstić information content (AvgIpc) is 2.77. The molecule has 17 heavy (non-hydrogen) atoms. The van der Waals surface area contributed by atoms with E-state index in [2.05, 4.69) is 17.4 Å². The van der Waals surface area contributed by atoms with Crippen LogP contribution in [0.3, 0.4) is 0 Å². The van der Waals surface area contributed by atoms with Crippen LogP contribution in [0.5, 0.6) is 5.75 Å². The van der Waals surface area contributed by atoms with Crippen molar-refractivity contribution in [1.29, 1.82) is 0 Å². The van der Waals surface area contributed by atoms with Crippen molar-refractivity contribution in [2.24, 2.45) is 0 Å². The molecule has 2 rings (SSSR count). The number of ether oxygens (including phenoxy) is 1. The van der Waals surface area contributed by atoms with Gasteiger partial charge in [0.2, 0.25) is 0 Å². The summed E-state index contributed by atoms with van der Waals surface area (Å²) in [7, 11) is 2.01. The topological polar surface area (TPSA) is 41.5 Å². The number of aliphatic hydroxyl groups is 1. The highest BCUT2D eigenvalue weighted by atomic mass is 16.5. The van der Waals surface area contributed by atoms with E-state index < -0.39 is 0 Å². The minimum absolute atomic E-state index is 0.247. The smallest absolute Gasteiger partial charge is 0.119 e. The molecule has 1 aromatic rings. The molecule has 94 valence electrons. The quantitative estimate of drug-likeness (QED) is 0.741. The van der Waals surface area contributed by atoms with Gasteiger partial charge >= 0.3 is 0 Å². The SMILES string of the molecule is CNC1CCc2cc(OCCCCO)ccc21. The molecule has 1 aliphatic rings. The number of hydrogen-bond donors (Lipinski definition) is 2. The molecule has 3 nitrogen and oxygen atoms in total. The van der Waals surface area contributed by atoms with Gasteiger partial charge < -0.3 is 15.2 Å². The molecule has 0 bridgehead atoms. The zero-order chi connectivity index (χ0) is 12.1. The number of fused-ring (bicyclic) bond motifs is 1. The molecule has 0 radical (unpaired) electrons. The standard InChI is InChI=1S/C14H21NO2/c1-15-14-7-4-11-10-12(5-6-13(11)14)17-9-3-2-8-16/h5-6,10,14-16H,2-4,7-9H2,1H3. The molecule has 0 saturated heterocycles. The molecular formula is C14H21NO2. The van der Waals surface area contributed by atoms with Crippen molar-refractivity contribution in [3.63, 3.8) is 0 Å². The van der Waals surface area contributed by atoms with Gasteiger partial charge in [0.1, 0.15) is 5.75 Å². The van der Waals surface area contributed by atoms with Crippen LogP contribution >= 0.6 is 0 Å². The van der Waals surface area contributed by atoms with Crippen LogP contribution in [0.25, 0.3) is 0 Å². The van der Waals surface area contributed by atoms with Crippen molar-refractivity contribution in [2.45, 2.75) is 31.7 Å². The fraction of sp³-hybridized carbons (Fsp3) is 0.571. The maximum Gasteiger partial charge on any atom is 0.119 e. The summed E-state index contributed by atoms with van der Waals surface area (Å²) in [5, 5.41) is 12.0. The van der Waals surface area contributed by atoms with E-state index in [0.717, 1.165) is 25.0 Å². The number of rotatable bonds is 6. The average molecular weight is 235 g/mol. The van der Waals surface area contributed by atoms with Crippen molar-refractivity contribution in [1.82, 2.24) is 5.32 Å². The second-order valence-corrected chi connectivity index (χ2v) is 4.52. The number of hydrogen-bond acceptors (Lipinski definition) is 3. The van der Waals surface area contributed by atoms with Crippen molar-refractivity contribution in [3.8, 4) is 5.75 Å². The van der Waals surface area contributed by atoms with E-state index in [-0.39, 0.29) is 6.61 Å². The van der Waals surface area contributed by atoms with E-state index in [0.29, 0.717) is 12.6 Å². The Bertz CT molecular complexity index is 365. The Morgan fingerprint density at radius 3 is 3.06 bits per heavy atom. The van der Waals surface area contributed by atoms with E-state index in [1.54, 1.807) is 0 Å². The normalized spacial score (nSPS) is 18.1. The fourth-order valence-corrected chi connectivity index (χ4v) is 2.39. The Balaban J connectivity index is 1.93. The molecule has 1 aromatic carbocycles. The number of aryl methyl sites for hydroxylation is 1. The third-order valence-electron chi connectivity index (χ3n) is 3.36. The summed E-state index contributed by atoms with van der Waals surface area (Å²) in [5.74, 6) is 0.957. The summed E-state index contributed by atoms with van der Waals surface area (Å²) in [6.07, 6.45) is 4.04. The van der Waals surface area contributed by atoms with Gasteiger partial charge in [0.15, 0.2) is 0 Å². The van der Waals surface area contributed by atoms with Gasteiger partial charge in [-0.15, -0.1) is 0 Å². The van der Waals surface area contributed by atoms with Crippen molar-refractivity contribution < 1.29 is 9.84 Å². The summed E-state index contributed by atoms with van der Waals surface area (Å²) in [6.45, 7) is 0.937. The molecule has 1 aliphatic carbocycles. The first-order valence-corrected chi connectivity index (χ1v) is 6.39. The highest BCUT2D eigenvalue weighted by molar-refractivity contribution is 5.40. The summed E-state index contributed by atoms with van der Waals surface area (Å²) >= 11 is 0. The predicted molar refractivity (Wildman–Crippen MR) is 68.4 cm³/mol. The van der Waals surface area contributed by atoms with Gasteiger partial charge in [-0.3, -0.25) is 0 Å². The molecule has 0 spiro atoms. The first-order valence-electron chi connectivity index (χ1n) is 6.39. The van der Waals surface area contributed by atoms with Gasteiger partial charge in [-0.2, -0.15) is 0 Å². The van der Waals surface area contributed by atoms with E-state index in [4.69, 9.17) is 9.84 Å². The highest BCUT2D eigenvalue weighted by Crippen LogP contribution is 2.33. The van der Waals surface area contributed by atoms with Gasteiger partial charge in [0, 0.05) is 12.6 Å². The molecule has 1 unspecified atom stereocenters.